The molecule has 0 spiro atoms. The van der Waals surface area contributed by atoms with Crippen molar-refractivity contribution in [2.75, 3.05) is 31.3 Å². The van der Waals surface area contributed by atoms with Crippen molar-refractivity contribution < 1.29 is 27.5 Å². The van der Waals surface area contributed by atoms with Gasteiger partial charge in [0.25, 0.3) is 0 Å². The molecule has 2 aromatic carbocycles. The van der Waals surface area contributed by atoms with E-state index < -0.39 is 28.5 Å². The molecule has 0 heterocycles. The second-order valence-corrected chi connectivity index (χ2v) is 10.2. The van der Waals surface area contributed by atoms with E-state index in [1.165, 1.54) is 12.0 Å². The van der Waals surface area contributed by atoms with Crippen molar-refractivity contribution in [3.05, 3.63) is 54.1 Å². The number of sulfonamides is 1. The first-order valence-electron chi connectivity index (χ1n) is 11.3. The lowest BCUT2D eigenvalue weighted by molar-refractivity contribution is -0.139. The van der Waals surface area contributed by atoms with Gasteiger partial charge < -0.3 is 19.7 Å². The molecular formula is C25H35N3O6S. The van der Waals surface area contributed by atoms with E-state index in [2.05, 4.69) is 5.32 Å². The van der Waals surface area contributed by atoms with E-state index >= 15 is 0 Å². The Morgan fingerprint density at radius 2 is 1.63 bits per heavy atom. The minimum atomic E-state index is -3.84. The van der Waals surface area contributed by atoms with E-state index in [-0.39, 0.29) is 24.2 Å². The van der Waals surface area contributed by atoms with Gasteiger partial charge in [-0.1, -0.05) is 31.2 Å². The number of nitrogens with zero attached hydrogens (tertiary/aromatic N) is 2. The number of methoxy groups -OCH3 is 2. The second kappa shape index (κ2) is 12.4. The van der Waals surface area contributed by atoms with Gasteiger partial charge in [0.1, 0.15) is 24.1 Å². The van der Waals surface area contributed by atoms with Crippen LogP contribution in [0, 0.1) is 0 Å². The standard InChI is InChI=1S/C25H35N3O6S/c1-7-18(2)26-25(30)19(3)27(16-20-12-14-21(33-4)15-13-20)24(29)17-28(35(6,31)32)22-10-8-9-11-23(22)34-5/h8-15,18-19H,7,16-17H2,1-6H3,(H,26,30). The predicted octanol–water partition coefficient (Wildman–Crippen LogP) is 2.80. The molecule has 1 N–H and O–H groups in total. The van der Waals surface area contributed by atoms with Crippen molar-refractivity contribution >= 4 is 27.5 Å². The van der Waals surface area contributed by atoms with Gasteiger partial charge in [0, 0.05) is 12.6 Å². The highest BCUT2D eigenvalue weighted by atomic mass is 32.2. The fourth-order valence-electron chi connectivity index (χ4n) is 3.41. The molecule has 0 bridgehead atoms. The molecule has 9 nitrogen and oxygen atoms in total. The summed E-state index contributed by atoms with van der Waals surface area (Å²) in [5.41, 5.74) is 1.01. The van der Waals surface area contributed by atoms with Gasteiger partial charge in [-0.2, -0.15) is 0 Å². The first-order valence-corrected chi connectivity index (χ1v) is 13.2. The minimum absolute atomic E-state index is 0.0658. The maximum absolute atomic E-state index is 13.6. The molecule has 2 atom stereocenters. The molecule has 0 aromatic heterocycles. The molecule has 0 fully saturated rings. The lowest BCUT2D eigenvalue weighted by atomic mass is 10.1. The summed E-state index contributed by atoms with van der Waals surface area (Å²) in [7, 11) is -0.853. The largest absolute Gasteiger partial charge is 0.497 e. The van der Waals surface area contributed by atoms with Crippen LogP contribution in [0.15, 0.2) is 48.5 Å². The van der Waals surface area contributed by atoms with E-state index in [4.69, 9.17) is 9.47 Å². The van der Waals surface area contributed by atoms with Gasteiger partial charge in [-0.15, -0.1) is 0 Å². The lowest BCUT2D eigenvalue weighted by Crippen LogP contribution is -2.52. The number of rotatable bonds is 12. The smallest absolute Gasteiger partial charge is 0.244 e. The minimum Gasteiger partial charge on any atom is -0.497 e. The molecule has 2 unspecified atom stereocenters. The summed E-state index contributed by atoms with van der Waals surface area (Å²) in [5.74, 6) is 0.136. The fraction of sp³-hybridized carbons (Fsp3) is 0.440. The van der Waals surface area contributed by atoms with Crippen molar-refractivity contribution in [1.82, 2.24) is 10.2 Å². The molecule has 10 heteroatoms. The van der Waals surface area contributed by atoms with Crippen LogP contribution in [0.25, 0.3) is 0 Å². The van der Waals surface area contributed by atoms with Crippen LogP contribution in [0.2, 0.25) is 0 Å². The Labute approximate surface area is 208 Å². The summed E-state index contributed by atoms with van der Waals surface area (Å²) in [5, 5.41) is 2.90. The van der Waals surface area contributed by atoms with Crippen molar-refractivity contribution in [3.63, 3.8) is 0 Å². The predicted molar refractivity (Wildman–Crippen MR) is 136 cm³/mol. The SMILES string of the molecule is CCC(C)NC(=O)C(C)N(Cc1ccc(OC)cc1)C(=O)CN(c1ccccc1OC)S(C)(=O)=O. The number of nitrogens with one attached hydrogen (secondary N) is 1. The van der Waals surface area contributed by atoms with E-state index in [1.54, 1.807) is 62.6 Å². The van der Waals surface area contributed by atoms with E-state index in [0.29, 0.717) is 11.5 Å². The fourth-order valence-corrected chi connectivity index (χ4v) is 4.26. The Morgan fingerprint density at radius 3 is 2.17 bits per heavy atom. The normalized spacial score (nSPS) is 12.9. The Kier molecular flexibility index (Phi) is 9.94. The maximum Gasteiger partial charge on any atom is 0.244 e. The highest BCUT2D eigenvalue weighted by Gasteiger charge is 2.31. The highest BCUT2D eigenvalue weighted by molar-refractivity contribution is 7.92. The molecule has 0 aliphatic rings. The molecule has 2 rings (SSSR count). The molecule has 0 aliphatic heterocycles. The van der Waals surface area contributed by atoms with Crippen LogP contribution in [-0.4, -0.2) is 64.2 Å². The van der Waals surface area contributed by atoms with Crippen LogP contribution in [0.3, 0.4) is 0 Å². The molecule has 0 saturated carbocycles. The number of carbonyl (C=O) groups excluding carboxylic acids is 2. The van der Waals surface area contributed by atoms with Gasteiger partial charge in [0.15, 0.2) is 0 Å². The van der Waals surface area contributed by atoms with Gasteiger partial charge >= 0.3 is 0 Å². The number of anilines is 1. The van der Waals surface area contributed by atoms with Gasteiger partial charge in [-0.05, 0) is 50.1 Å². The maximum atomic E-state index is 13.6. The van der Waals surface area contributed by atoms with Gasteiger partial charge in [0.2, 0.25) is 21.8 Å². The Morgan fingerprint density at radius 1 is 1.00 bits per heavy atom. The summed E-state index contributed by atoms with van der Waals surface area (Å²) in [6.07, 6.45) is 1.76. The molecule has 192 valence electrons. The number of hydrogen-bond donors (Lipinski definition) is 1. The number of hydrogen-bond acceptors (Lipinski definition) is 6. The third-order valence-electron chi connectivity index (χ3n) is 5.71. The first kappa shape index (κ1) is 28.0. The topological polar surface area (TPSA) is 105 Å². The van der Waals surface area contributed by atoms with Gasteiger partial charge in [0.05, 0.1) is 26.2 Å². The van der Waals surface area contributed by atoms with Crippen LogP contribution in [0.1, 0.15) is 32.8 Å². The average Bonchev–Trinajstić information content (AvgIpc) is 2.84. The Bertz CT molecular complexity index is 1100. The molecule has 2 amide bonds. The van der Waals surface area contributed by atoms with E-state index in [9.17, 15) is 18.0 Å². The van der Waals surface area contributed by atoms with E-state index in [0.717, 1.165) is 22.5 Å². The van der Waals surface area contributed by atoms with Crippen molar-refractivity contribution in [1.29, 1.82) is 0 Å². The average molecular weight is 506 g/mol. The van der Waals surface area contributed by atoms with E-state index in [1.807, 2.05) is 13.8 Å². The zero-order valence-corrected chi connectivity index (χ0v) is 22.0. The second-order valence-electron chi connectivity index (χ2n) is 8.31. The summed E-state index contributed by atoms with van der Waals surface area (Å²) in [6.45, 7) is 5.09. The molecule has 35 heavy (non-hydrogen) atoms. The quantitative estimate of drug-likeness (QED) is 0.476. The zero-order chi connectivity index (χ0) is 26.2. The number of amides is 2. The van der Waals surface area contributed by atoms with Crippen molar-refractivity contribution in [2.24, 2.45) is 0 Å². The Hall–Kier alpha value is -3.27. The molecule has 0 aliphatic carbocycles. The van der Waals surface area contributed by atoms with Crippen LogP contribution in [-0.2, 0) is 26.2 Å². The summed E-state index contributed by atoms with van der Waals surface area (Å²) in [6, 6.07) is 12.8. The lowest BCUT2D eigenvalue weighted by Gasteiger charge is -2.32. The number of para-hydroxylation sites is 2. The molecule has 0 radical (unpaired) electrons. The monoisotopic (exact) mass is 505 g/mol. The molecular weight excluding hydrogens is 470 g/mol. The van der Waals surface area contributed by atoms with Crippen LogP contribution in [0.5, 0.6) is 11.5 Å². The van der Waals surface area contributed by atoms with Crippen LogP contribution >= 0.6 is 0 Å². The molecule has 0 saturated heterocycles. The number of ether oxygens (including phenoxy) is 2. The summed E-state index contributed by atoms with van der Waals surface area (Å²) < 4.78 is 36.9. The van der Waals surface area contributed by atoms with Crippen LogP contribution in [0.4, 0.5) is 5.69 Å². The van der Waals surface area contributed by atoms with Crippen molar-refractivity contribution in [2.45, 2.75) is 45.8 Å². The van der Waals surface area contributed by atoms with Gasteiger partial charge in [-0.25, -0.2) is 8.42 Å². The number of carbonyl (C=O) groups is 2. The van der Waals surface area contributed by atoms with Gasteiger partial charge in [-0.3, -0.25) is 13.9 Å². The first-order chi connectivity index (χ1) is 16.5. The summed E-state index contributed by atoms with van der Waals surface area (Å²) >= 11 is 0. The third kappa shape index (κ3) is 7.61. The number of benzene rings is 2. The highest BCUT2D eigenvalue weighted by Crippen LogP contribution is 2.29. The zero-order valence-electron chi connectivity index (χ0n) is 21.1. The molecule has 2 aromatic rings. The third-order valence-corrected chi connectivity index (χ3v) is 6.84. The van der Waals surface area contributed by atoms with Crippen LogP contribution < -0.4 is 19.1 Å². The summed E-state index contributed by atoms with van der Waals surface area (Å²) in [4.78, 5) is 27.9. The van der Waals surface area contributed by atoms with Crippen molar-refractivity contribution in [3.8, 4) is 11.5 Å². The Balaban J connectivity index is 2.41.